The maximum absolute atomic E-state index is 12.1. The number of aromatic amines is 1. The van der Waals surface area contributed by atoms with Crippen LogP contribution in [0.4, 0.5) is 11.5 Å². The van der Waals surface area contributed by atoms with Crippen LogP contribution < -0.4 is 16.6 Å². The number of hydrogen-bond acceptors (Lipinski definition) is 4. The Morgan fingerprint density at radius 1 is 1.30 bits per heavy atom. The van der Waals surface area contributed by atoms with Crippen molar-refractivity contribution < 1.29 is 5.11 Å². The number of aryl methyl sites for hydroxylation is 2. The van der Waals surface area contributed by atoms with Crippen LogP contribution >= 0.6 is 0 Å². The van der Waals surface area contributed by atoms with Crippen molar-refractivity contribution in [1.82, 2.24) is 9.55 Å². The molecule has 1 atom stereocenters. The molecule has 0 aliphatic carbocycles. The number of H-pyrrole nitrogens is 1. The minimum absolute atomic E-state index is 0.191. The van der Waals surface area contributed by atoms with Crippen LogP contribution in [0.3, 0.4) is 0 Å². The van der Waals surface area contributed by atoms with Crippen molar-refractivity contribution in [2.24, 2.45) is 0 Å². The molecule has 1 aromatic carbocycles. The average Bonchev–Trinajstić information content (AvgIpc) is 2.48. The summed E-state index contributed by atoms with van der Waals surface area (Å²) in [6.07, 6.45) is 0.714. The molecule has 0 bridgehead atoms. The quantitative estimate of drug-likeness (QED) is 0.759. The van der Waals surface area contributed by atoms with E-state index < -0.39 is 11.8 Å². The summed E-state index contributed by atoms with van der Waals surface area (Å²) < 4.78 is 1.09. The van der Waals surface area contributed by atoms with Gasteiger partial charge in [-0.3, -0.25) is 14.3 Å². The number of aliphatic hydroxyl groups is 1. The molecule has 0 fully saturated rings. The highest BCUT2D eigenvalue weighted by Gasteiger charge is 2.07. The summed E-state index contributed by atoms with van der Waals surface area (Å²) in [4.78, 5) is 26.7. The van der Waals surface area contributed by atoms with Gasteiger partial charge in [-0.25, -0.2) is 4.79 Å². The highest BCUT2D eigenvalue weighted by molar-refractivity contribution is 5.57. The zero-order chi connectivity index (χ0) is 17.0. The minimum atomic E-state index is -0.556. The van der Waals surface area contributed by atoms with Crippen molar-refractivity contribution in [2.45, 2.75) is 46.3 Å². The first-order valence-electron chi connectivity index (χ1n) is 7.79. The first-order valence-corrected chi connectivity index (χ1v) is 7.79. The number of rotatable bonds is 6. The van der Waals surface area contributed by atoms with E-state index in [9.17, 15) is 14.7 Å². The number of anilines is 2. The van der Waals surface area contributed by atoms with Crippen LogP contribution in [-0.4, -0.2) is 20.8 Å². The lowest BCUT2D eigenvalue weighted by Gasteiger charge is -2.11. The van der Waals surface area contributed by atoms with Crippen LogP contribution in [0, 0.1) is 6.92 Å². The van der Waals surface area contributed by atoms with Gasteiger partial charge in [-0.2, -0.15) is 0 Å². The van der Waals surface area contributed by atoms with Gasteiger partial charge in [-0.05, 0) is 49.9 Å². The maximum atomic E-state index is 12.1. The largest absolute Gasteiger partial charge is 0.393 e. The number of aromatic nitrogens is 2. The van der Waals surface area contributed by atoms with Crippen molar-refractivity contribution in [3.8, 4) is 0 Å². The third-order valence-corrected chi connectivity index (χ3v) is 3.80. The van der Waals surface area contributed by atoms with Crippen molar-refractivity contribution in [3.63, 3.8) is 0 Å². The highest BCUT2D eigenvalue weighted by atomic mass is 16.3. The molecule has 2 rings (SSSR count). The second-order valence-electron chi connectivity index (χ2n) is 5.74. The van der Waals surface area contributed by atoms with Gasteiger partial charge in [0.1, 0.15) is 5.82 Å². The number of benzene rings is 1. The molecule has 0 aliphatic heterocycles. The number of hydrogen-bond donors (Lipinski definition) is 3. The van der Waals surface area contributed by atoms with Gasteiger partial charge in [0.15, 0.2) is 0 Å². The van der Waals surface area contributed by atoms with Gasteiger partial charge in [0.25, 0.3) is 5.56 Å². The van der Waals surface area contributed by atoms with E-state index in [1.165, 1.54) is 17.2 Å². The number of aliphatic hydroxyl groups excluding tert-OH is 1. The predicted octanol–water partition coefficient (Wildman–Crippen LogP) is 1.92. The molecule has 2 aromatic rings. The minimum Gasteiger partial charge on any atom is -0.393 e. The Morgan fingerprint density at radius 2 is 2.04 bits per heavy atom. The van der Waals surface area contributed by atoms with Crippen LogP contribution in [0.15, 0.2) is 33.9 Å². The van der Waals surface area contributed by atoms with E-state index in [1.807, 2.05) is 25.1 Å². The molecule has 1 aromatic heterocycles. The van der Waals surface area contributed by atoms with E-state index >= 15 is 0 Å². The molecule has 0 spiro atoms. The van der Waals surface area contributed by atoms with E-state index in [2.05, 4.69) is 17.2 Å². The Kier molecular flexibility index (Phi) is 5.39. The zero-order valence-electron chi connectivity index (χ0n) is 13.7. The molecule has 1 heterocycles. The fourth-order valence-corrected chi connectivity index (χ4v) is 2.40. The standard InChI is InChI=1S/C17H23N3O3/c1-4-13-9-14(6-5-11(13)2)18-15-10-16(22)20(17(23)19-15)8-7-12(3)21/h5-6,9-10,12,18,21H,4,7-8H2,1-3H3,(H,19,23). The highest BCUT2D eigenvalue weighted by Crippen LogP contribution is 2.18. The molecule has 0 amide bonds. The summed E-state index contributed by atoms with van der Waals surface area (Å²) in [6.45, 7) is 5.94. The summed E-state index contributed by atoms with van der Waals surface area (Å²) in [5, 5.41) is 12.3. The lowest BCUT2D eigenvalue weighted by molar-refractivity contribution is 0.177. The summed E-state index contributed by atoms with van der Waals surface area (Å²) >= 11 is 0. The predicted molar refractivity (Wildman–Crippen MR) is 91.5 cm³/mol. The third-order valence-electron chi connectivity index (χ3n) is 3.80. The van der Waals surface area contributed by atoms with Crippen LogP contribution in [0.1, 0.15) is 31.4 Å². The second-order valence-corrected chi connectivity index (χ2v) is 5.74. The summed E-state index contributed by atoms with van der Waals surface area (Å²) in [6, 6.07) is 7.27. The first-order chi connectivity index (χ1) is 10.9. The van der Waals surface area contributed by atoms with Crippen molar-refractivity contribution in [2.75, 3.05) is 5.32 Å². The van der Waals surface area contributed by atoms with E-state index in [0.717, 1.165) is 16.7 Å². The number of nitrogens with zero attached hydrogens (tertiary/aromatic N) is 1. The molecule has 23 heavy (non-hydrogen) atoms. The van der Waals surface area contributed by atoms with Crippen LogP contribution in [0.2, 0.25) is 0 Å². The Balaban J connectivity index is 2.25. The van der Waals surface area contributed by atoms with Gasteiger partial charge in [0.05, 0.1) is 6.10 Å². The number of nitrogens with one attached hydrogen (secondary N) is 2. The van der Waals surface area contributed by atoms with E-state index in [0.29, 0.717) is 12.2 Å². The smallest absolute Gasteiger partial charge is 0.329 e. The molecule has 0 radical (unpaired) electrons. The second kappa shape index (κ2) is 7.28. The molecule has 124 valence electrons. The maximum Gasteiger partial charge on any atom is 0.329 e. The average molecular weight is 317 g/mol. The van der Waals surface area contributed by atoms with Gasteiger partial charge in [0, 0.05) is 18.3 Å². The third kappa shape index (κ3) is 4.32. The molecule has 6 nitrogen and oxygen atoms in total. The molecule has 0 saturated carbocycles. The molecule has 1 unspecified atom stereocenters. The molecular formula is C17H23N3O3. The van der Waals surface area contributed by atoms with Crippen molar-refractivity contribution in [3.05, 3.63) is 56.2 Å². The Labute approximate surface area is 134 Å². The van der Waals surface area contributed by atoms with Gasteiger partial charge in [-0.1, -0.05) is 13.0 Å². The van der Waals surface area contributed by atoms with Gasteiger partial charge in [0.2, 0.25) is 0 Å². The monoisotopic (exact) mass is 317 g/mol. The van der Waals surface area contributed by atoms with Crippen LogP contribution in [0.25, 0.3) is 0 Å². The van der Waals surface area contributed by atoms with E-state index in [4.69, 9.17) is 0 Å². The molecule has 0 saturated heterocycles. The lowest BCUT2D eigenvalue weighted by atomic mass is 10.1. The normalized spacial score (nSPS) is 12.2. The Bertz CT molecular complexity index is 759. The van der Waals surface area contributed by atoms with Gasteiger partial charge >= 0.3 is 5.69 Å². The SMILES string of the molecule is CCc1cc(Nc2cc(=O)n(CCC(C)O)c(=O)[nH]2)ccc1C. The fraction of sp³-hybridized carbons (Fsp3) is 0.412. The Morgan fingerprint density at radius 3 is 2.65 bits per heavy atom. The molecule has 3 N–H and O–H groups in total. The topological polar surface area (TPSA) is 87.1 Å². The first kappa shape index (κ1) is 17.0. The summed E-state index contributed by atoms with van der Waals surface area (Å²) in [5.74, 6) is 0.360. The van der Waals surface area contributed by atoms with Crippen molar-refractivity contribution >= 4 is 11.5 Å². The van der Waals surface area contributed by atoms with Crippen LogP contribution in [-0.2, 0) is 13.0 Å². The molecule has 6 heteroatoms. The summed E-state index contributed by atoms with van der Waals surface area (Å²) in [7, 11) is 0. The summed E-state index contributed by atoms with van der Waals surface area (Å²) in [5.41, 5.74) is 2.37. The molecular weight excluding hydrogens is 294 g/mol. The van der Waals surface area contributed by atoms with E-state index in [1.54, 1.807) is 6.92 Å². The Hall–Kier alpha value is -2.34. The van der Waals surface area contributed by atoms with Crippen LogP contribution in [0.5, 0.6) is 0 Å². The van der Waals surface area contributed by atoms with Gasteiger partial charge < -0.3 is 10.4 Å². The van der Waals surface area contributed by atoms with E-state index in [-0.39, 0.29) is 12.1 Å². The van der Waals surface area contributed by atoms with Gasteiger partial charge in [-0.15, -0.1) is 0 Å². The van der Waals surface area contributed by atoms with Crippen molar-refractivity contribution in [1.29, 1.82) is 0 Å². The zero-order valence-corrected chi connectivity index (χ0v) is 13.7. The lowest BCUT2D eigenvalue weighted by Crippen LogP contribution is -2.35. The fourth-order valence-electron chi connectivity index (χ4n) is 2.40. The molecule has 0 aliphatic rings.